The molecule has 3 nitrogen and oxygen atoms in total. The van der Waals surface area contributed by atoms with E-state index in [4.69, 9.17) is 0 Å². The molecule has 0 saturated heterocycles. The Hall–Kier alpha value is -1.03. The molecule has 0 spiro atoms. The maximum atomic E-state index is 11.7. The van der Waals surface area contributed by atoms with Gasteiger partial charge in [0.2, 0.25) is 0 Å². The smallest absolute Gasteiger partial charge is 0.317 e. The van der Waals surface area contributed by atoms with Gasteiger partial charge >= 0.3 is 6.03 Å². The van der Waals surface area contributed by atoms with Crippen molar-refractivity contribution in [3.63, 3.8) is 0 Å². The molecule has 18 heavy (non-hydrogen) atoms. The average molecular weight is 311 g/mol. The second-order valence-corrected chi connectivity index (χ2v) is 6.14. The van der Waals surface area contributed by atoms with Crippen LogP contribution in [0.25, 0.3) is 0 Å². The van der Waals surface area contributed by atoms with Crippen LogP contribution >= 0.6 is 15.9 Å². The first-order chi connectivity index (χ1) is 8.45. The predicted molar refractivity (Wildman–Crippen MR) is 76.7 cm³/mol. The number of hydrogen-bond acceptors (Lipinski definition) is 1. The molecule has 4 heteroatoms. The van der Waals surface area contributed by atoms with Crippen LogP contribution in [0.2, 0.25) is 0 Å². The molecule has 98 valence electrons. The molecule has 1 aliphatic carbocycles. The van der Waals surface area contributed by atoms with Crippen LogP contribution in [-0.2, 0) is 5.41 Å². The summed E-state index contributed by atoms with van der Waals surface area (Å²) >= 11 is 3.45. The topological polar surface area (TPSA) is 32.3 Å². The minimum atomic E-state index is -0.0223. The fourth-order valence-electron chi connectivity index (χ4n) is 2.34. The van der Waals surface area contributed by atoms with E-state index in [0.717, 1.165) is 17.3 Å². The zero-order valence-corrected chi connectivity index (χ0v) is 12.6. The molecule has 0 aromatic heterocycles. The molecule has 0 heterocycles. The van der Waals surface area contributed by atoms with E-state index in [1.807, 2.05) is 0 Å². The maximum absolute atomic E-state index is 11.7. The Morgan fingerprint density at radius 1 is 1.33 bits per heavy atom. The summed E-state index contributed by atoms with van der Waals surface area (Å²) in [6.45, 7) is 2.09. The van der Waals surface area contributed by atoms with E-state index < -0.39 is 0 Å². The number of urea groups is 1. The van der Waals surface area contributed by atoms with Gasteiger partial charge in [-0.05, 0) is 37.5 Å². The van der Waals surface area contributed by atoms with Crippen LogP contribution in [0.4, 0.5) is 4.79 Å². The van der Waals surface area contributed by atoms with Crippen molar-refractivity contribution in [3.05, 3.63) is 34.3 Å². The first-order valence-electron chi connectivity index (χ1n) is 6.19. The van der Waals surface area contributed by atoms with Crippen molar-refractivity contribution in [2.45, 2.75) is 31.2 Å². The molecule has 1 unspecified atom stereocenters. The van der Waals surface area contributed by atoms with E-state index >= 15 is 0 Å². The molecule has 1 aromatic carbocycles. The Labute approximate surface area is 117 Å². The molecule has 1 aliphatic rings. The highest BCUT2D eigenvalue weighted by Crippen LogP contribution is 2.51. The van der Waals surface area contributed by atoms with Crippen molar-refractivity contribution < 1.29 is 4.79 Å². The maximum Gasteiger partial charge on any atom is 0.317 e. The summed E-state index contributed by atoms with van der Waals surface area (Å²) in [5.41, 5.74) is 1.45. The summed E-state index contributed by atoms with van der Waals surface area (Å²) in [6.07, 6.45) is 2.28. The molecule has 1 saturated carbocycles. The Morgan fingerprint density at radius 2 is 1.89 bits per heavy atom. The van der Waals surface area contributed by atoms with Gasteiger partial charge < -0.3 is 10.2 Å². The quantitative estimate of drug-likeness (QED) is 0.914. The van der Waals surface area contributed by atoms with Crippen LogP contribution in [0.5, 0.6) is 0 Å². The molecule has 0 aliphatic heterocycles. The molecule has 1 aromatic rings. The highest BCUT2D eigenvalue weighted by molar-refractivity contribution is 9.10. The number of hydrogen-bond donors (Lipinski definition) is 1. The molecular weight excluding hydrogens is 292 g/mol. The highest BCUT2D eigenvalue weighted by Gasteiger charge is 2.49. The van der Waals surface area contributed by atoms with Crippen molar-refractivity contribution in [3.8, 4) is 0 Å². The largest absolute Gasteiger partial charge is 0.335 e. The van der Waals surface area contributed by atoms with Crippen LogP contribution in [0.1, 0.15) is 25.3 Å². The summed E-state index contributed by atoms with van der Waals surface area (Å²) in [7, 11) is 3.53. The SMILES string of the molecule is CC(NC(=O)N(C)C)C1(c2ccc(Br)cc2)CC1. The van der Waals surface area contributed by atoms with E-state index in [-0.39, 0.29) is 17.5 Å². The second-order valence-electron chi connectivity index (χ2n) is 5.23. The lowest BCUT2D eigenvalue weighted by Crippen LogP contribution is -2.45. The number of nitrogens with zero attached hydrogens (tertiary/aromatic N) is 1. The van der Waals surface area contributed by atoms with E-state index in [0.29, 0.717) is 0 Å². The van der Waals surface area contributed by atoms with Crippen LogP contribution in [-0.4, -0.2) is 31.1 Å². The summed E-state index contributed by atoms with van der Waals surface area (Å²) in [5.74, 6) is 0. The summed E-state index contributed by atoms with van der Waals surface area (Å²) < 4.78 is 1.09. The molecular formula is C14H19BrN2O. The Morgan fingerprint density at radius 3 is 2.33 bits per heavy atom. The van der Waals surface area contributed by atoms with E-state index in [2.05, 4.69) is 52.4 Å². The third-order valence-electron chi connectivity index (χ3n) is 3.78. The van der Waals surface area contributed by atoms with Gasteiger partial charge in [0.15, 0.2) is 0 Å². The van der Waals surface area contributed by atoms with Gasteiger partial charge in [0.1, 0.15) is 0 Å². The molecule has 0 radical (unpaired) electrons. The van der Waals surface area contributed by atoms with Gasteiger partial charge in [-0.15, -0.1) is 0 Å². The van der Waals surface area contributed by atoms with Crippen LogP contribution < -0.4 is 5.32 Å². The van der Waals surface area contributed by atoms with E-state index in [1.54, 1.807) is 19.0 Å². The van der Waals surface area contributed by atoms with Gasteiger partial charge in [0.05, 0.1) is 0 Å². The number of benzene rings is 1. The number of carbonyl (C=O) groups excluding carboxylic acids is 1. The Bertz CT molecular complexity index is 438. The summed E-state index contributed by atoms with van der Waals surface area (Å²) in [5, 5.41) is 3.07. The van der Waals surface area contributed by atoms with E-state index in [1.165, 1.54) is 5.56 Å². The molecule has 1 atom stereocenters. The highest BCUT2D eigenvalue weighted by atomic mass is 79.9. The third-order valence-corrected chi connectivity index (χ3v) is 4.31. The van der Waals surface area contributed by atoms with Crippen LogP contribution in [0.3, 0.4) is 0 Å². The first-order valence-corrected chi connectivity index (χ1v) is 6.99. The Kier molecular flexibility index (Phi) is 3.66. The predicted octanol–water partition coefficient (Wildman–Crippen LogP) is 3.14. The molecule has 2 rings (SSSR count). The van der Waals surface area contributed by atoms with Crippen LogP contribution in [0, 0.1) is 0 Å². The number of nitrogens with one attached hydrogen (secondary N) is 1. The summed E-state index contributed by atoms with van der Waals surface area (Å²) in [6, 6.07) is 8.57. The lowest BCUT2D eigenvalue weighted by molar-refractivity contribution is 0.211. The third kappa shape index (κ3) is 2.53. The fraction of sp³-hybridized carbons (Fsp3) is 0.500. The normalized spacial score (nSPS) is 18.0. The second kappa shape index (κ2) is 4.92. The monoisotopic (exact) mass is 310 g/mol. The van der Waals surface area contributed by atoms with Gasteiger partial charge in [-0.1, -0.05) is 28.1 Å². The van der Waals surface area contributed by atoms with Gasteiger partial charge in [-0.25, -0.2) is 4.79 Å². The molecule has 1 fully saturated rings. The molecule has 0 bridgehead atoms. The molecule has 2 amide bonds. The first kappa shape index (κ1) is 13.4. The van der Waals surface area contributed by atoms with E-state index in [9.17, 15) is 4.79 Å². The number of halogens is 1. The fourth-order valence-corrected chi connectivity index (χ4v) is 2.60. The van der Waals surface area contributed by atoms with Gasteiger partial charge in [-0.2, -0.15) is 0 Å². The van der Waals surface area contributed by atoms with Gasteiger partial charge in [0.25, 0.3) is 0 Å². The Balaban J connectivity index is 2.12. The van der Waals surface area contributed by atoms with Crippen LogP contribution in [0.15, 0.2) is 28.7 Å². The average Bonchev–Trinajstić information content (AvgIpc) is 3.11. The minimum Gasteiger partial charge on any atom is -0.335 e. The minimum absolute atomic E-state index is 0.0223. The standard InChI is InChI=1S/C14H19BrN2O/c1-10(16-13(18)17(2)3)14(8-9-14)11-4-6-12(15)7-5-11/h4-7,10H,8-9H2,1-3H3,(H,16,18). The lowest BCUT2D eigenvalue weighted by Gasteiger charge is -2.26. The summed E-state index contributed by atoms with van der Waals surface area (Å²) in [4.78, 5) is 13.3. The van der Waals surface area contributed by atoms with Crippen molar-refractivity contribution in [2.24, 2.45) is 0 Å². The van der Waals surface area contributed by atoms with Crippen molar-refractivity contribution >= 4 is 22.0 Å². The zero-order chi connectivity index (χ0) is 13.3. The van der Waals surface area contributed by atoms with Crippen molar-refractivity contribution in [2.75, 3.05) is 14.1 Å². The van der Waals surface area contributed by atoms with Crippen molar-refractivity contribution in [1.82, 2.24) is 10.2 Å². The number of rotatable bonds is 3. The number of amides is 2. The van der Waals surface area contributed by atoms with Crippen molar-refractivity contribution in [1.29, 1.82) is 0 Å². The molecule has 1 N–H and O–H groups in total. The number of carbonyl (C=O) groups is 1. The zero-order valence-electron chi connectivity index (χ0n) is 11.0. The van der Waals surface area contributed by atoms with Gasteiger partial charge in [-0.3, -0.25) is 0 Å². The lowest BCUT2D eigenvalue weighted by atomic mass is 9.89. The van der Waals surface area contributed by atoms with Gasteiger partial charge in [0, 0.05) is 30.0 Å².